The first-order valence-electron chi connectivity index (χ1n) is 12.8. The Morgan fingerprint density at radius 2 is 1.54 bits per heavy atom. The summed E-state index contributed by atoms with van der Waals surface area (Å²) in [6.07, 6.45) is 6.63. The maximum atomic E-state index is 12.1. The number of carbonyl (C=O) groups is 2. The lowest BCUT2D eigenvalue weighted by molar-refractivity contribution is -0.142. The number of benzene rings is 1. The summed E-state index contributed by atoms with van der Waals surface area (Å²) in [5.41, 5.74) is -1.34. The van der Waals surface area contributed by atoms with E-state index < -0.39 is 34.5 Å². The van der Waals surface area contributed by atoms with Crippen LogP contribution >= 0.6 is 23.2 Å². The monoisotopic (exact) mass is 586 g/mol. The number of amides is 1. The van der Waals surface area contributed by atoms with Gasteiger partial charge in [0.1, 0.15) is 18.1 Å². The zero-order valence-corrected chi connectivity index (χ0v) is 24.9. The number of aliphatic carboxylic acids is 1. The van der Waals surface area contributed by atoms with E-state index in [-0.39, 0.29) is 23.3 Å². The molecule has 2 atom stereocenters. The number of carboxylic acids is 1. The van der Waals surface area contributed by atoms with Crippen LogP contribution in [0, 0.1) is 11.3 Å². The molecule has 0 saturated carbocycles. The molecule has 0 bridgehead atoms. The van der Waals surface area contributed by atoms with Crippen LogP contribution in [-0.4, -0.2) is 67.9 Å². The molecule has 1 aliphatic rings. The predicted octanol–water partition coefficient (Wildman–Crippen LogP) is 5.95. The molecule has 11 heteroatoms. The topological polar surface area (TPSA) is 115 Å². The van der Waals surface area contributed by atoms with Crippen molar-refractivity contribution in [1.82, 2.24) is 5.32 Å². The largest absolute Gasteiger partial charge is 0.488 e. The lowest BCUT2D eigenvalue weighted by Crippen LogP contribution is -2.56. The molecule has 0 spiro atoms. The van der Waals surface area contributed by atoms with Crippen molar-refractivity contribution < 1.29 is 33.6 Å². The number of carboxylic acid groups (broad SMARTS) is 1. The van der Waals surface area contributed by atoms with E-state index in [9.17, 15) is 14.7 Å². The van der Waals surface area contributed by atoms with Crippen LogP contribution in [0.1, 0.15) is 41.5 Å². The number of anilines is 1. The van der Waals surface area contributed by atoms with E-state index in [2.05, 4.69) is 10.6 Å². The minimum absolute atomic E-state index is 0.215. The van der Waals surface area contributed by atoms with Crippen molar-refractivity contribution in [1.29, 1.82) is 0 Å². The molecule has 0 aliphatic heterocycles. The van der Waals surface area contributed by atoms with Crippen molar-refractivity contribution in [3.8, 4) is 5.75 Å². The van der Waals surface area contributed by atoms with Crippen LogP contribution in [0.4, 0.5) is 10.5 Å². The van der Waals surface area contributed by atoms with Gasteiger partial charge in [0, 0.05) is 12.2 Å². The number of rotatable bonds is 13. The Balaban J connectivity index is 1.81. The number of hydrogen-bond acceptors (Lipinski definition) is 7. The van der Waals surface area contributed by atoms with Gasteiger partial charge in [-0.05, 0) is 38.3 Å². The number of halogens is 2. The van der Waals surface area contributed by atoms with E-state index in [0.29, 0.717) is 37.8 Å². The maximum Gasteiger partial charge on any atom is 0.407 e. The van der Waals surface area contributed by atoms with Crippen molar-refractivity contribution >= 4 is 41.0 Å². The van der Waals surface area contributed by atoms with Crippen LogP contribution < -0.4 is 15.4 Å². The van der Waals surface area contributed by atoms with Crippen molar-refractivity contribution in [2.45, 2.75) is 52.7 Å². The summed E-state index contributed by atoms with van der Waals surface area (Å²) in [6, 6.07) is 3.34. The zero-order chi connectivity index (χ0) is 29.3. The van der Waals surface area contributed by atoms with E-state index in [1.807, 2.05) is 32.9 Å². The zero-order valence-electron chi connectivity index (χ0n) is 23.4. The highest BCUT2D eigenvalue weighted by Gasteiger charge is 2.49. The minimum atomic E-state index is -0.932. The quantitative estimate of drug-likeness (QED) is 0.243. The first-order valence-corrected chi connectivity index (χ1v) is 13.5. The van der Waals surface area contributed by atoms with E-state index in [1.54, 1.807) is 45.1 Å². The van der Waals surface area contributed by atoms with Crippen molar-refractivity contribution in [3.05, 3.63) is 46.5 Å². The van der Waals surface area contributed by atoms with Crippen LogP contribution in [0.15, 0.2) is 36.4 Å². The molecule has 1 aromatic carbocycles. The maximum absolute atomic E-state index is 12.1. The Hall–Kier alpha value is -2.46. The SMILES string of the molecule is CC(C)(C)OC(=O)NCCOCCOCCOc1c(Cl)cc(NC2(C(C)(C)C)C=CC=CC2C(=O)O)cc1Cl. The smallest absolute Gasteiger partial charge is 0.407 e. The molecular formula is C28H40Cl2N2O7. The number of allylic oxidation sites excluding steroid dienone is 2. The normalized spacial score (nSPS) is 19.0. The van der Waals surface area contributed by atoms with Crippen LogP contribution in [0.3, 0.4) is 0 Å². The van der Waals surface area contributed by atoms with E-state index in [4.69, 9.17) is 42.1 Å². The average molecular weight is 588 g/mol. The fourth-order valence-corrected chi connectivity index (χ4v) is 4.61. The van der Waals surface area contributed by atoms with E-state index >= 15 is 0 Å². The van der Waals surface area contributed by atoms with Gasteiger partial charge in [-0.3, -0.25) is 4.79 Å². The fourth-order valence-electron chi connectivity index (χ4n) is 4.01. The van der Waals surface area contributed by atoms with Gasteiger partial charge in [0.2, 0.25) is 0 Å². The Bertz CT molecular complexity index is 1020. The highest BCUT2D eigenvalue weighted by molar-refractivity contribution is 6.37. The van der Waals surface area contributed by atoms with Crippen molar-refractivity contribution in [3.63, 3.8) is 0 Å². The standard InChI is InChI=1S/C28H40Cl2N2O7/c1-26(2,3)28(10-8-7-9-20(28)24(33)34)32-19-17-21(29)23(22(30)18-19)38-16-15-37-14-13-36-12-11-31-25(35)39-27(4,5)6/h7-10,17-18,20,32H,11-16H2,1-6H3,(H,31,35)(H,33,34). The summed E-state index contributed by atoms with van der Waals surface area (Å²) >= 11 is 13.0. The molecule has 0 saturated heterocycles. The second kappa shape index (κ2) is 14.3. The predicted molar refractivity (Wildman–Crippen MR) is 153 cm³/mol. The lowest BCUT2D eigenvalue weighted by atomic mass is 9.64. The van der Waals surface area contributed by atoms with Gasteiger partial charge in [-0.1, -0.05) is 68.3 Å². The van der Waals surface area contributed by atoms with E-state index in [0.717, 1.165) is 0 Å². The van der Waals surface area contributed by atoms with Gasteiger partial charge in [-0.15, -0.1) is 0 Å². The summed E-state index contributed by atoms with van der Waals surface area (Å²) in [5.74, 6) is -1.41. The first-order chi connectivity index (χ1) is 18.2. The summed E-state index contributed by atoms with van der Waals surface area (Å²) in [7, 11) is 0. The third kappa shape index (κ3) is 9.90. The molecule has 1 aromatic rings. The molecule has 2 rings (SSSR count). The van der Waals surface area contributed by atoms with Gasteiger partial charge in [-0.25, -0.2) is 4.79 Å². The minimum Gasteiger partial charge on any atom is -0.488 e. The number of hydrogen-bond donors (Lipinski definition) is 3. The highest BCUT2D eigenvalue weighted by atomic mass is 35.5. The van der Waals surface area contributed by atoms with Gasteiger partial charge < -0.3 is 34.7 Å². The van der Waals surface area contributed by atoms with Crippen LogP contribution in [0.2, 0.25) is 10.0 Å². The molecule has 0 aromatic heterocycles. The average Bonchev–Trinajstić information content (AvgIpc) is 2.80. The Labute approximate surface area is 240 Å². The van der Waals surface area contributed by atoms with Crippen molar-refractivity contribution in [2.24, 2.45) is 11.3 Å². The summed E-state index contributed by atoms with van der Waals surface area (Å²) in [6.45, 7) is 13.2. The number of carbonyl (C=O) groups excluding carboxylic acids is 1. The van der Waals surface area contributed by atoms with Crippen LogP contribution in [0.5, 0.6) is 5.75 Å². The number of nitrogens with one attached hydrogen (secondary N) is 2. The molecular weight excluding hydrogens is 547 g/mol. The molecule has 1 amide bonds. The van der Waals surface area contributed by atoms with Crippen LogP contribution in [-0.2, 0) is 19.0 Å². The summed E-state index contributed by atoms with van der Waals surface area (Å²) < 4.78 is 21.8. The third-order valence-electron chi connectivity index (χ3n) is 5.88. The van der Waals surface area contributed by atoms with Gasteiger partial charge in [-0.2, -0.15) is 0 Å². The van der Waals surface area contributed by atoms with Crippen LogP contribution in [0.25, 0.3) is 0 Å². The highest BCUT2D eigenvalue weighted by Crippen LogP contribution is 2.45. The molecule has 39 heavy (non-hydrogen) atoms. The molecule has 0 heterocycles. The molecule has 9 nitrogen and oxygen atoms in total. The second-order valence-corrected chi connectivity index (χ2v) is 11.9. The number of alkyl carbamates (subject to hydrolysis) is 1. The van der Waals surface area contributed by atoms with Gasteiger partial charge in [0.25, 0.3) is 0 Å². The molecule has 3 N–H and O–H groups in total. The summed E-state index contributed by atoms with van der Waals surface area (Å²) in [4.78, 5) is 23.6. The number of ether oxygens (including phenoxy) is 4. The Morgan fingerprint density at radius 1 is 0.949 bits per heavy atom. The lowest BCUT2D eigenvalue weighted by Gasteiger charge is -2.48. The third-order valence-corrected chi connectivity index (χ3v) is 6.44. The molecule has 218 valence electrons. The fraction of sp³-hybridized carbons (Fsp3) is 0.571. The molecule has 1 aliphatic carbocycles. The van der Waals surface area contributed by atoms with Gasteiger partial charge in [0.05, 0.1) is 42.0 Å². The Morgan fingerprint density at radius 3 is 2.10 bits per heavy atom. The van der Waals surface area contributed by atoms with Crippen molar-refractivity contribution in [2.75, 3.05) is 44.9 Å². The molecule has 0 fully saturated rings. The molecule has 0 radical (unpaired) electrons. The van der Waals surface area contributed by atoms with E-state index in [1.165, 1.54) is 0 Å². The first kappa shape index (κ1) is 32.8. The Kier molecular flexibility index (Phi) is 12.0. The summed E-state index contributed by atoms with van der Waals surface area (Å²) in [5, 5.41) is 16.5. The molecule has 2 unspecified atom stereocenters. The van der Waals surface area contributed by atoms with Gasteiger partial charge in [0.15, 0.2) is 5.75 Å². The second-order valence-electron chi connectivity index (χ2n) is 11.1. The van der Waals surface area contributed by atoms with Gasteiger partial charge >= 0.3 is 12.1 Å².